The van der Waals surface area contributed by atoms with E-state index >= 15 is 0 Å². The van der Waals surface area contributed by atoms with E-state index in [1.165, 1.54) is 6.92 Å². The number of rotatable bonds is 17. The predicted octanol–water partition coefficient (Wildman–Crippen LogP) is -1.90. The van der Waals surface area contributed by atoms with Crippen LogP contribution in [0, 0.1) is 5.92 Å². The smallest absolute Gasteiger partial charge is 0.326 e. The lowest BCUT2D eigenvalue weighted by Gasteiger charge is -2.28. The van der Waals surface area contributed by atoms with Crippen LogP contribution in [0.15, 0.2) is 4.99 Å². The fourth-order valence-electron chi connectivity index (χ4n) is 3.04. The molecule has 0 fully saturated rings. The Morgan fingerprint density at radius 3 is 1.97 bits per heavy atom. The summed E-state index contributed by atoms with van der Waals surface area (Å²) in [6, 6.07) is -3.89. The molecule has 13 heteroatoms. The molecule has 12 N–H and O–H groups in total. The van der Waals surface area contributed by atoms with Gasteiger partial charge in [-0.15, -0.1) is 0 Å². The van der Waals surface area contributed by atoms with Gasteiger partial charge in [0, 0.05) is 6.54 Å². The van der Waals surface area contributed by atoms with E-state index in [1.54, 1.807) is 6.92 Å². The van der Waals surface area contributed by atoms with Crippen molar-refractivity contribution in [3.05, 3.63) is 0 Å². The number of nitrogens with two attached hydrogens (primary N) is 4. The van der Waals surface area contributed by atoms with Crippen molar-refractivity contribution in [3.63, 3.8) is 0 Å². The maximum atomic E-state index is 13.0. The molecule has 13 nitrogen and oxygen atoms in total. The Bertz CT molecular complexity index is 697. The van der Waals surface area contributed by atoms with Crippen LogP contribution >= 0.6 is 0 Å². The number of aliphatic imine (C=N–C) groups is 1. The fourth-order valence-corrected chi connectivity index (χ4v) is 3.04. The zero-order valence-electron chi connectivity index (χ0n) is 20.4. The van der Waals surface area contributed by atoms with Gasteiger partial charge in [-0.3, -0.25) is 19.4 Å². The molecule has 0 aromatic rings. The molecule has 0 rings (SSSR count). The average molecular weight is 487 g/mol. The van der Waals surface area contributed by atoms with E-state index in [9.17, 15) is 24.3 Å². The molecule has 0 aromatic heterocycles. The Morgan fingerprint density at radius 1 is 0.882 bits per heavy atom. The summed E-state index contributed by atoms with van der Waals surface area (Å²) in [6.07, 6.45) is 2.55. The van der Waals surface area contributed by atoms with Gasteiger partial charge in [-0.2, -0.15) is 0 Å². The molecular formula is C21H42N8O5. The molecule has 0 bridgehead atoms. The second-order valence-corrected chi connectivity index (χ2v) is 8.35. The predicted molar refractivity (Wildman–Crippen MR) is 129 cm³/mol. The quantitative estimate of drug-likeness (QED) is 0.0649. The fraction of sp³-hybridized carbons (Fsp3) is 0.762. The summed E-state index contributed by atoms with van der Waals surface area (Å²) < 4.78 is 0. The van der Waals surface area contributed by atoms with Gasteiger partial charge < -0.3 is 44.0 Å². The summed E-state index contributed by atoms with van der Waals surface area (Å²) in [6.45, 7) is 5.77. The molecule has 0 aliphatic carbocycles. The molecule has 0 radical (unpaired) electrons. The largest absolute Gasteiger partial charge is 0.480 e. The molecule has 5 unspecified atom stereocenters. The van der Waals surface area contributed by atoms with Gasteiger partial charge in [0.1, 0.15) is 18.1 Å². The van der Waals surface area contributed by atoms with Crippen LogP contribution in [-0.4, -0.2) is 72.0 Å². The first-order valence-corrected chi connectivity index (χ1v) is 11.6. The van der Waals surface area contributed by atoms with E-state index in [1.807, 2.05) is 6.92 Å². The maximum Gasteiger partial charge on any atom is 0.326 e. The molecule has 0 aliphatic rings. The van der Waals surface area contributed by atoms with Crippen molar-refractivity contribution in [2.75, 3.05) is 13.1 Å². The highest BCUT2D eigenvalue weighted by atomic mass is 16.4. The number of carboxylic acid groups (broad SMARTS) is 1. The zero-order chi connectivity index (χ0) is 26.3. The van der Waals surface area contributed by atoms with E-state index in [-0.39, 0.29) is 24.8 Å². The van der Waals surface area contributed by atoms with Crippen LogP contribution in [0.4, 0.5) is 0 Å². The minimum Gasteiger partial charge on any atom is -0.480 e. The van der Waals surface area contributed by atoms with E-state index in [0.717, 1.165) is 0 Å². The summed E-state index contributed by atoms with van der Waals surface area (Å²) >= 11 is 0. The van der Waals surface area contributed by atoms with Crippen molar-refractivity contribution < 1.29 is 24.3 Å². The third-order valence-electron chi connectivity index (χ3n) is 5.35. The Labute approximate surface area is 200 Å². The van der Waals surface area contributed by atoms with Crippen molar-refractivity contribution >= 4 is 29.7 Å². The van der Waals surface area contributed by atoms with Crippen LogP contribution in [0.3, 0.4) is 0 Å². The minimum atomic E-state index is -1.21. The molecule has 0 heterocycles. The van der Waals surface area contributed by atoms with E-state index in [4.69, 9.17) is 22.9 Å². The Kier molecular flexibility index (Phi) is 15.2. The van der Waals surface area contributed by atoms with Crippen LogP contribution in [0.2, 0.25) is 0 Å². The molecule has 0 spiro atoms. The molecular weight excluding hydrogens is 444 g/mol. The van der Waals surface area contributed by atoms with Gasteiger partial charge in [0.15, 0.2) is 5.96 Å². The number of nitrogens with one attached hydrogen (secondary N) is 3. The van der Waals surface area contributed by atoms with Crippen molar-refractivity contribution in [2.24, 2.45) is 33.8 Å². The number of hydrogen-bond acceptors (Lipinski definition) is 7. The standard InChI is InChI=1S/C21H42N8O5/c1-4-12(2)16(19(32)28-15(20(33)34)9-7-11-26-21(24)25)29-18(31)14(8-5-6-10-22)27-17(30)13(3)23/h12-16H,4-11,22-23H2,1-3H3,(H,27,30)(H,28,32)(H,29,31)(H,33,34)(H4,24,25,26). The van der Waals surface area contributed by atoms with Gasteiger partial charge in [0.25, 0.3) is 0 Å². The van der Waals surface area contributed by atoms with E-state index in [0.29, 0.717) is 38.6 Å². The highest BCUT2D eigenvalue weighted by Crippen LogP contribution is 2.11. The lowest BCUT2D eigenvalue weighted by Crippen LogP contribution is -2.58. The van der Waals surface area contributed by atoms with Gasteiger partial charge in [-0.1, -0.05) is 20.3 Å². The number of carboxylic acids is 1. The van der Waals surface area contributed by atoms with Crippen LogP contribution in [0.25, 0.3) is 0 Å². The monoisotopic (exact) mass is 486 g/mol. The average Bonchev–Trinajstić information content (AvgIpc) is 2.77. The van der Waals surface area contributed by atoms with Crippen LogP contribution in [0.1, 0.15) is 59.3 Å². The third kappa shape index (κ3) is 12.3. The van der Waals surface area contributed by atoms with Gasteiger partial charge in [0.2, 0.25) is 17.7 Å². The lowest BCUT2D eigenvalue weighted by molar-refractivity contribution is -0.143. The number of carbonyl (C=O) groups excluding carboxylic acids is 3. The Hall–Kier alpha value is -2.93. The zero-order valence-corrected chi connectivity index (χ0v) is 20.4. The summed E-state index contributed by atoms with van der Waals surface area (Å²) in [4.78, 5) is 53.5. The van der Waals surface area contributed by atoms with Crippen molar-refractivity contribution in [1.82, 2.24) is 16.0 Å². The number of amides is 3. The molecule has 196 valence electrons. The van der Waals surface area contributed by atoms with Gasteiger partial charge in [-0.25, -0.2) is 4.79 Å². The summed E-state index contributed by atoms with van der Waals surface area (Å²) in [5.74, 6) is -3.29. The third-order valence-corrected chi connectivity index (χ3v) is 5.35. The van der Waals surface area contributed by atoms with Gasteiger partial charge >= 0.3 is 5.97 Å². The molecule has 0 saturated carbocycles. The SMILES string of the molecule is CCC(C)C(NC(=O)C(CCCCN)NC(=O)C(C)N)C(=O)NC(CCCN=C(N)N)C(=O)O. The lowest BCUT2D eigenvalue weighted by atomic mass is 9.96. The maximum absolute atomic E-state index is 13.0. The first-order valence-electron chi connectivity index (χ1n) is 11.6. The van der Waals surface area contributed by atoms with Crippen molar-refractivity contribution in [2.45, 2.75) is 83.5 Å². The highest BCUT2D eigenvalue weighted by molar-refractivity contribution is 5.94. The highest BCUT2D eigenvalue weighted by Gasteiger charge is 2.32. The number of unbranched alkanes of at least 4 members (excludes halogenated alkanes) is 1. The molecule has 5 atom stereocenters. The molecule has 3 amide bonds. The second-order valence-electron chi connectivity index (χ2n) is 8.35. The van der Waals surface area contributed by atoms with E-state index < -0.39 is 47.9 Å². The number of carbonyl (C=O) groups is 4. The number of nitrogens with zero attached hydrogens (tertiary/aromatic N) is 1. The Balaban J connectivity index is 5.41. The minimum absolute atomic E-state index is 0.102. The first-order chi connectivity index (χ1) is 15.9. The summed E-state index contributed by atoms with van der Waals surface area (Å²) in [5, 5.41) is 17.3. The molecule has 34 heavy (non-hydrogen) atoms. The number of guanidine groups is 1. The van der Waals surface area contributed by atoms with Crippen molar-refractivity contribution in [1.29, 1.82) is 0 Å². The van der Waals surface area contributed by atoms with Crippen LogP contribution in [0.5, 0.6) is 0 Å². The van der Waals surface area contributed by atoms with Crippen LogP contribution < -0.4 is 38.9 Å². The summed E-state index contributed by atoms with van der Waals surface area (Å²) in [7, 11) is 0. The molecule has 0 aliphatic heterocycles. The summed E-state index contributed by atoms with van der Waals surface area (Å²) in [5.41, 5.74) is 21.6. The number of hydrogen-bond donors (Lipinski definition) is 8. The van der Waals surface area contributed by atoms with Gasteiger partial charge in [0.05, 0.1) is 6.04 Å². The Morgan fingerprint density at radius 2 is 1.47 bits per heavy atom. The van der Waals surface area contributed by atoms with E-state index in [2.05, 4.69) is 20.9 Å². The second kappa shape index (κ2) is 16.6. The normalized spacial score (nSPS) is 15.2. The van der Waals surface area contributed by atoms with Gasteiger partial charge in [-0.05, 0) is 51.5 Å². The van der Waals surface area contributed by atoms with Crippen molar-refractivity contribution in [3.8, 4) is 0 Å². The van der Waals surface area contributed by atoms with Crippen LogP contribution in [-0.2, 0) is 19.2 Å². The number of aliphatic carboxylic acids is 1. The molecule has 0 saturated heterocycles. The molecule has 0 aromatic carbocycles. The topological polar surface area (TPSA) is 241 Å². The first kappa shape index (κ1) is 31.1.